The summed E-state index contributed by atoms with van der Waals surface area (Å²) in [6.45, 7) is 5.55. The van der Waals surface area contributed by atoms with Crippen LogP contribution < -0.4 is 0 Å². The van der Waals surface area contributed by atoms with Gasteiger partial charge in [0.15, 0.2) is 0 Å². The first-order valence-corrected chi connectivity index (χ1v) is 11.7. The van der Waals surface area contributed by atoms with Gasteiger partial charge < -0.3 is 19.7 Å². The standard InChI is InChI=1S/C25H32O7/c1-13(26)32-20-11-23(2)15(9-18(20)27)4-5-17-22(23)19(28)10-24(3)16(6-7-25(17,24)30)14-8-21(29)31-12-14/h6,8,15,17-18,20,22,27,30H,4-5,7,9-12H2,1-3H3/t15-,17-,18-,20-,22-,23+,24-,25+/m1/s1. The molecule has 0 aromatic carbocycles. The molecule has 1 aliphatic heterocycles. The first-order chi connectivity index (χ1) is 15.0. The van der Waals surface area contributed by atoms with Gasteiger partial charge in [0.2, 0.25) is 0 Å². The molecule has 0 spiro atoms. The lowest BCUT2D eigenvalue weighted by molar-refractivity contribution is -0.211. The summed E-state index contributed by atoms with van der Waals surface area (Å²) in [4.78, 5) is 37.1. The largest absolute Gasteiger partial charge is 0.460 e. The van der Waals surface area contributed by atoms with Crippen molar-refractivity contribution in [2.45, 2.75) is 77.1 Å². The third kappa shape index (κ3) is 2.83. The SMILES string of the molecule is CC(=O)O[C@@H]1C[C@@]2(C)[C@H](CC[C@@H]3[C@@H]2C(=O)C[C@]2(C)C(C4=CC(=O)OC4)=CC[C@]32O)C[C@H]1O. The fraction of sp³-hybridized carbons (Fsp3) is 0.720. The molecule has 8 atom stereocenters. The van der Waals surface area contributed by atoms with Crippen LogP contribution in [-0.2, 0) is 23.9 Å². The fourth-order valence-corrected chi connectivity index (χ4v) is 7.95. The summed E-state index contributed by atoms with van der Waals surface area (Å²) in [6.07, 6.45) is 5.19. The van der Waals surface area contributed by atoms with E-state index < -0.39 is 34.6 Å². The minimum atomic E-state index is -1.09. The molecule has 2 N–H and O–H groups in total. The molecule has 5 aliphatic rings. The molecule has 174 valence electrons. The van der Waals surface area contributed by atoms with Crippen molar-refractivity contribution in [2.75, 3.05) is 6.61 Å². The van der Waals surface area contributed by atoms with Gasteiger partial charge in [0.1, 0.15) is 18.5 Å². The monoisotopic (exact) mass is 444 g/mol. The van der Waals surface area contributed by atoms with Gasteiger partial charge >= 0.3 is 11.9 Å². The third-order valence-electron chi connectivity index (χ3n) is 9.45. The molecule has 0 amide bonds. The van der Waals surface area contributed by atoms with Crippen molar-refractivity contribution in [3.63, 3.8) is 0 Å². The number of esters is 2. The van der Waals surface area contributed by atoms with Crippen molar-refractivity contribution >= 4 is 17.7 Å². The highest BCUT2D eigenvalue weighted by Crippen LogP contribution is 2.67. The van der Waals surface area contributed by atoms with E-state index in [4.69, 9.17) is 9.47 Å². The summed E-state index contributed by atoms with van der Waals surface area (Å²) >= 11 is 0. The van der Waals surface area contributed by atoms with Crippen LogP contribution in [0.25, 0.3) is 0 Å². The molecule has 0 aromatic heterocycles. The Morgan fingerprint density at radius 3 is 2.66 bits per heavy atom. The molecule has 3 fully saturated rings. The van der Waals surface area contributed by atoms with E-state index in [2.05, 4.69) is 6.92 Å². The Kier molecular flexibility index (Phi) is 4.78. The van der Waals surface area contributed by atoms with E-state index in [0.717, 1.165) is 17.6 Å². The van der Waals surface area contributed by atoms with Gasteiger partial charge in [0, 0.05) is 36.3 Å². The molecule has 1 heterocycles. The van der Waals surface area contributed by atoms with Crippen LogP contribution in [0.5, 0.6) is 0 Å². The van der Waals surface area contributed by atoms with Gasteiger partial charge in [-0.05, 0) is 54.9 Å². The topological polar surface area (TPSA) is 110 Å². The molecular formula is C25H32O7. The minimum absolute atomic E-state index is 0.117. The summed E-state index contributed by atoms with van der Waals surface area (Å²) in [5.41, 5.74) is -0.686. The number of ketones is 1. The fourth-order valence-electron chi connectivity index (χ4n) is 7.95. The lowest BCUT2D eigenvalue weighted by atomic mass is 9.42. The van der Waals surface area contributed by atoms with Gasteiger partial charge in [-0.3, -0.25) is 9.59 Å². The highest BCUT2D eigenvalue weighted by Gasteiger charge is 2.69. The zero-order valence-corrected chi connectivity index (χ0v) is 18.9. The number of hydrogen-bond donors (Lipinski definition) is 2. The van der Waals surface area contributed by atoms with Gasteiger partial charge in [-0.1, -0.05) is 19.9 Å². The van der Waals surface area contributed by atoms with Crippen LogP contribution in [0.1, 0.15) is 59.3 Å². The average Bonchev–Trinajstić information content (AvgIpc) is 3.23. The Morgan fingerprint density at radius 2 is 2.00 bits per heavy atom. The summed E-state index contributed by atoms with van der Waals surface area (Å²) in [7, 11) is 0. The molecule has 32 heavy (non-hydrogen) atoms. The lowest BCUT2D eigenvalue weighted by Crippen LogP contribution is -2.66. The van der Waals surface area contributed by atoms with Crippen LogP contribution in [0.3, 0.4) is 0 Å². The number of ether oxygens (including phenoxy) is 2. The molecule has 0 radical (unpaired) electrons. The van der Waals surface area contributed by atoms with Crippen molar-refractivity contribution < 1.29 is 34.1 Å². The first-order valence-electron chi connectivity index (χ1n) is 11.7. The van der Waals surface area contributed by atoms with Crippen molar-refractivity contribution in [3.8, 4) is 0 Å². The number of aliphatic hydroxyl groups excluding tert-OH is 1. The predicted molar refractivity (Wildman–Crippen MR) is 113 cm³/mol. The Hall–Kier alpha value is -1.99. The second kappa shape index (κ2) is 7.00. The summed E-state index contributed by atoms with van der Waals surface area (Å²) in [5.74, 6) is -1.14. The van der Waals surface area contributed by atoms with E-state index in [-0.39, 0.29) is 42.5 Å². The lowest BCUT2D eigenvalue weighted by Gasteiger charge is -2.62. The van der Waals surface area contributed by atoms with Gasteiger partial charge in [-0.2, -0.15) is 0 Å². The predicted octanol–water partition coefficient (Wildman–Crippen LogP) is 2.25. The van der Waals surface area contributed by atoms with Gasteiger partial charge in [-0.15, -0.1) is 0 Å². The Balaban J connectivity index is 1.50. The Bertz CT molecular complexity index is 950. The van der Waals surface area contributed by atoms with Crippen LogP contribution in [-0.4, -0.2) is 52.4 Å². The van der Waals surface area contributed by atoms with E-state index in [9.17, 15) is 24.6 Å². The van der Waals surface area contributed by atoms with Crippen LogP contribution in [0.15, 0.2) is 23.3 Å². The van der Waals surface area contributed by atoms with Crippen LogP contribution in [0.4, 0.5) is 0 Å². The molecule has 7 heteroatoms. The van der Waals surface area contributed by atoms with Crippen LogP contribution in [0.2, 0.25) is 0 Å². The molecule has 0 aromatic rings. The molecule has 0 unspecified atom stereocenters. The quantitative estimate of drug-likeness (QED) is 0.629. The highest BCUT2D eigenvalue weighted by molar-refractivity contribution is 5.89. The number of rotatable bonds is 2. The number of aliphatic hydroxyl groups is 2. The number of fused-ring (bicyclic) bond motifs is 5. The van der Waals surface area contributed by atoms with E-state index in [0.29, 0.717) is 25.7 Å². The highest BCUT2D eigenvalue weighted by atomic mass is 16.6. The van der Waals surface area contributed by atoms with Crippen molar-refractivity contribution in [3.05, 3.63) is 23.3 Å². The van der Waals surface area contributed by atoms with Crippen molar-refractivity contribution in [1.29, 1.82) is 0 Å². The van der Waals surface area contributed by atoms with Gasteiger partial charge in [0.05, 0.1) is 11.7 Å². The number of carbonyl (C=O) groups excluding carboxylic acids is 3. The minimum Gasteiger partial charge on any atom is -0.460 e. The molecule has 3 saturated carbocycles. The molecule has 5 rings (SSSR count). The normalized spacial score (nSPS) is 47.6. The van der Waals surface area contributed by atoms with E-state index in [1.165, 1.54) is 13.0 Å². The van der Waals surface area contributed by atoms with E-state index in [1.54, 1.807) is 0 Å². The van der Waals surface area contributed by atoms with E-state index >= 15 is 0 Å². The number of Topliss-reactive ketones (excluding diaryl/α,β-unsaturated/α-hetero) is 1. The average molecular weight is 445 g/mol. The zero-order chi connectivity index (χ0) is 23.1. The Labute approximate surface area is 187 Å². The Morgan fingerprint density at radius 1 is 1.25 bits per heavy atom. The zero-order valence-electron chi connectivity index (χ0n) is 18.9. The maximum absolute atomic E-state index is 13.8. The molecule has 4 aliphatic carbocycles. The number of hydrogen-bond acceptors (Lipinski definition) is 7. The second-order valence-electron chi connectivity index (χ2n) is 11.0. The van der Waals surface area contributed by atoms with E-state index in [1.807, 2.05) is 13.0 Å². The summed E-state index contributed by atoms with van der Waals surface area (Å²) < 4.78 is 10.5. The summed E-state index contributed by atoms with van der Waals surface area (Å²) in [6, 6.07) is 0. The van der Waals surface area contributed by atoms with Gasteiger partial charge in [-0.25, -0.2) is 4.79 Å². The second-order valence-corrected chi connectivity index (χ2v) is 11.0. The first kappa shape index (κ1) is 21.8. The van der Waals surface area contributed by atoms with Gasteiger partial charge in [0.25, 0.3) is 0 Å². The van der Waals surface area contributed by atoms with Crippen LogP contribution >= 0.6 is 0 Å². The molecule has 7 nitrogen and oxygen atoms in total. The number of cyclic esters (lactones) is 1. The van der Waals surface area contributed by atoms with Crippen molar-refractivity contribution in [2.24, 2.45) is 28.6 Å². The maximum atomic E-state index is 13.8. The van der Waals surface area contributed by atoms with Crippen LogP contribution in [0, 0.1) is 28.6 Å². The third-order valence-corrected chi connectivity index (χ3v) is 9.45. The molecule has 0 saturated heterocycles. The number of carbonyl (C=O) groups is 3. The van der Waals surface area contributed by atoms with Crippen molar-refractivity contribution in [1.82, 2.24) is 0 Å². The maximum Gasteiger partial charge on any atom is 0.331 e. The smallest absolute Gasteiger partial charge is 0.331 e. The molecule has 0 bridgehead atoms. The molecular weight excluding hydrogens is 412 g/mol. The summed E-state index contributed by atoms with van der Waals surface area (Å²) in [5, 5.41) is 22.7.